The second-order valence-electron chi connectivity index (χ2n) is 5.26. The minimum absolute atomic E-state index is 0.281. The van der Waals surface area contributed by atoms with E-state index in [0.717, 1.165) is 5.56 Å². The first kappa shape index (κ1) is 17.9. The number of benzene rings is 1. The highest BCUT2D eigenvalue weighted by molar-refractivity contribution is 7.98. The Morgan fingerprint density at radius 3 is 2.73 bits per heavy atom. The molecule has 0 radical (unpaired) electrons. The molecule has 1 N–H and O–H groups in total. The van der Waals surface area contributed by atoms with Crippen LogP contribution in [0.3, 0.4) is 0 Å². The van der Waals surface area contributed by atoms with Gasteiger partial charge in [0, 0.05) is 30.0 Å². The third-order valence-corrected chi connectivity index (χ3v) is 4.88. The van der Waals surface area contributed by atoms with Crippen molar-refractivity contribution in [1.82, 2.24) is 9.97 Å². The Kier molecular flexibility index (Phi) is 5.84. The first-order valence-electron chi connectivity index (χ1n) is 7.65. The lowest BCUT2D eigenvalue weighted by molar-refractivity contribution is 0.102. The summed E-state index contributed by atoms with van der Waals surface area (Å²) in [6.07, 6.45) is 5.12. The number of carbonyl (C=O) groups excluding carboxylic acids is 1. The van der Waals surface area contributed by atoms with Crippen LogP contribution in [0.2, 0.25) is 5.02 Å². The monoisotopic (exact) mass is 380 g/mol. The van der Waals surface area contributed by atoms with Crippen molar-refractivity contribution in [1.29, 1.82) is 5.26 Å². The summed E-state index contributed by atoms with van der Waals surface area (Å²) in [4.78, 5) is 20.9. The zero-order chi connectivity index (χ0) is 18.4. The number of nitrogens with one attached hydrogen (secondary N) is 1. The van der Waals surface area contributed by atoms with Crippen molar-refractivity contribution in [3.8, 4) is 6.07 Å². The average Bonchev–Trinajstić information content (AvgIpc) is 2.67. The molecule has 0 unspecified atom stereocenters. The summed E-state index contributed by atoms with van der Waals surface area (Å²) < 4.78 is 0. The van der Waals surface area contributed by atoms with Crippen LogP contribution in [0, 0.1) is 11.3 Å². The van der Waals surface area contributed by atoms with Gasteiger partial charge in [-0.1, -0.05) is 11.6 Å². The predicted molar refractivity (Wildman–Crippen MR) is 102 cm³/mol. The Labute approximate surface area is 160 Å². The molecular formula is C19H13ClN4OS. The van der Waals surface area contributed by atoms with Crippen molar-refractivity contribution in [2.24, 2.45) is 0 Å². The Morgan fingerprint density at radius 1 is 1.19 bits per heavy atom. The van der Waals surface area contributed by atoms with Crippen molar-refractivity contribution in [3.05, 3.63) is 82.8 Å². The highest BCUT2D eigenvalue weighted by Crippen LogP contribution is 2.25. The second kappa shape index (κ2) is 8.48. The predicted octanol–water partition coefficient (Wildman–Crippen LogP) is 4.55. The van der Waals surface area contributed by atoms with Gasteiger partial charge in [-0.2, -0.15) is 5.26 Å². The molecule has 0 aliphatic rings. The van der Waals surface area contributed by atoms with Crippen LogP contribution in [-0.4, -0.2) is 15.9 Å². The lowest BCUT2D eigenvalue weighted by Gasteiger charge is -2.09. The number of thioether (sulfide) groups is 1. The van der Waals surface area contributed by atoms with Crippen LogP contribution in [0.15, 0.2) is 66.1 Å². The lowest BCUT2D eigenvalue weighted by Crippen LogP contribution is -2.13. The Morgan fingerprint density at radius 2 is 2.00 bits per heavy atom. The topological polar surface area (TPSA) is 78.7 Å². The number of amides is 1. The van der Waals surface area contributed by atoms with Gasteiger partial charge in [0.05, 0.1) is 16.1 Å². The fourth-order valence-corrected chi connectivity index (χ4v) is 3.36. The van der Waals surface area contributed by atoms with Gasteiger partial charge in [-0.15, -0.1) is 11.8 Å². The summed E-state index contributed by atoms with van der Waals surface area (Å²) in [6, 6.07) is 14.0. The van der Waals surface area contributed by atoms with Crippen LogP contribution >= 0.6 is 23.4 Å². The van der Waals surface area contributed by atoms with Gasteiger partial charge in [0.2, 0.25) is 0 Å². The maximum absolute atomic E-state index is 12.6. The van der Waals surface area contributed by atoms with Crippen LogP contribution < -0.4 is 5.32 Å². The van der Waals surface area contributed by atoms with Gasteiger partial charge in [0.1, 0.15) is 11.1 Å². The molecule has 0 aliphatic carbocycles. The fourth-order valence-electron chi connectivity index (χ4n) is 2.19. The summed E-state index contributed by atoms with van der Waals surface area (Å²) in [5.74, 6) is 0.402. The molecule has 1 amide bonds. The van der Waals surface area contributed by atoms with E-state index in [9.17, 15) is 4.79 Å². The molecule has 0 aliphatic heterocycles. The Hall–Kier alpha value is -2.88. The van der Waals surface area contributed by atoms with E-state index >= 15 is 0 Å². The molecule has 0 saturated heterocycles. The van der Waals surface area contributed by atoms with Gasteiger partial charge in [-0.25, -0.2) is 4.98 Å². The first-order chi connectivity index (χ1) is 12.7. The van der Waals surface area contributed by atoms with E-state index < -0.39 is 0 Å². The minimum Gasteiger partial charge on any atom is -0.322 e. The zero-order valence-corrected chi connectivity index (χ0v) is 15.1. The largest absolute Gasteiger partial charge is 0.322 e. The van der Waals surface area contributed by atoms with Gasteiger partial charge in [0.15, 0.2) is 0 Å². The molecule has 2 aromatic heterocycles. The van der Waals surface area contributed by atoms with Crippen LogP contribution in [0.1, 0.15) is 21.5 Å². The van der Waals surface area contributed by atoms with E-state index in [0.29, 0.717) is 32.6 Å². The van der Waals surface area contributed by atoms with Crippen LogP contribution in [0.5, 0.6) is 0 Å². The minimum atomic E-state index is -0.281. The van der Waals surface area contributed by atoms with Crippen LogP contribution in [-0.2, 0) is 5.75 Å². The summed E-state index contributed by atoms with van der Waals surface area (Å²) in [5.41, 5.74) is 2.46. The number of pyridine rings is 2. The standard InChI is InChI=1S/C19H13ClN4OS/c20-17-10-15(4-3-14(17)11-21)24-18(25)16-2-1-7-23-19(16)26-12-13-5-8-22-9-6-13/h1-10H,12H2,(H,24,25). The number of nitriles is 1. The maximum Gasteiger partial charge on any atom is 0.258 e. The third kappa shape index (κ3) is 4.39. The number of hydrogen-bond donors (Lipinski definition) is 1. The van der Waals surface area contributed by atoms with Crippen molar-refractivity contribution < 1.29 is 4.79 Å². The molecule has 0 fully saturated rings. The second-order valence-corrected chi connectivity index (χ2v) is 6.63. The number of rotatable bonds is 5. The van der Waals surface area contributed by atoms with Gasteiger partial charge in [-0.05, 0) is 48.0 Å². The fraction of sp³-hybridized carbons (Fsp3) is 0.0526. The zero-order valence-electron chi connectivity index (χ0n) is 13.5. The molecule has 5 nitrogen and oxygen atoms in total. The number of carbonyl (C=O) groups is 1. The molecule has 26 heavy (non-hydrogen) atoms. The molecule has 128 valence electrons. The van der Waals surface area contributed by atoms with E-state index in [-0.39, 0.29) is 5.91 Å². The smallest absolute Gasteiger partial charge is 0.258 e. The number of anilines is 1. The number of halogens is 1. The van der Waals surface area contributed by atoms with Gasteiger partial charge in [-0.3, -0.25) is 9.78 Å². The van der Waals surface area contributed by atoms with Crippen molar-refractivity contribution in [2.45, 2.75) is 10.8 Å². The van der Waals surface area contributed by atoms with Gasteiger partial charge >= 0.3 is 0 Å². The average molecular weight is 381 g/mol. The summed E-state index contributed by atoms with van der Waals surface area (Å²) in [5, 5.41) is 12.7. The van der Waals surface area contributed by atoms with E-state index in [4.69, 9.17) is 16.9 Å². The van der Waals surface area contributed by atoms with Crippen molar-refractivity contribution in [3.63, 3.8) is 0 Å². The summed E-state index contributed by atoms with van der Waals surface area (Å²) in [6.45, 7) is 0. The number of aromatic nitrogens is 2. The molecule has 3 rings (SSSR count). The van der Waals surface area contributed by atoms with E-state index in [2.05, 4.69) is 15.3 Å². The van der Waals surface area contributed by atoms with E-state index in [1.165, 1.54) is 11.8 Å². The molecule has 7 heteroatoms. The molecule has 3 aromatic rings. The normalized spacial score (nSPS) is 10.2. The SMILES string of the molecule is N#Cc1ccc(NC(=O)c2cccnc2SCc2ccncc2)cc1Cl. The lowest BCUT2D eigenvalue weighted by atomic mass is 10.2. The molecule has 0 spiro atoms. The molecular weight excluding hydrogens is 368 g/mol. The number of nitrogens with zero attached hydrogens (tertiary/aromatic N) is 3. The first-order valence-corrected chi connectivity index (χ1v) is 9.01. The molecule has 1 aromatic carbocycles. The van der Waals surface area contributed by atoms with E-state index in [1.54, 1.807) is 48.9 Å². The summed E-state index contributed by atoms with van der Waals surface area (Å²) >= 11 is 7.49. The molecule has 0 atom stereocenters. The highest BCUT2D eigenvalue weighted by Gasteiger charge is 2.14. The van der Waals surface area contributed by atoms with Crippen molar-refractivity contribution >= 4 is 35.0 Å². The van der Waals surface area contributed by atoms with Crippen LogP contribution in [0.4, 0.5) is 5.69 Å². The van der Waals surface area contributed by atoms with E-state index in [1.807, 2.05) is 18.2 Å². The molecule has 2 heterocycles. The highest BCUT2D eigenvalue weighted by atomic mass is 35.5. The van der Waals surface area contributed by atoms with Gasteiger partial charge < -0.3 is 5.32 Å². The third-order valence-electron chi connectivity index (χ3n) is 3.49. The van der Waals surface area contributed by atoms with Gasteiger partial charge in [0.25, 0.3) is 5.91 Å². The van der Waals surface area contributed by atoms with Crippen LogP contribution in [0.25, 0.3) is 0 Å². The maximum atomic E-state index is 12.6. The Balaban J connectivity index is 1.75. The Bertz CT molecular complexity index is 973. The summed E-state index contributed by atoms with van der Waals surface area (Å²) in [7, 11) is 0. The number of hydrogen-bond acceptors (Lipinski definition) is 5. The quantitative estimate of drug-likeness (QED) is 0.657. The van der Waals surface area contributed by atoms with Crippen molar-refractivity contribution in [2.75, 3.05) is 5.32 Å². The molecule has 0 bridgehead atoms. The molecule has 0 saturated carbocycles.